The number of nitrogens with zero attached hydrogens (tertiary/aromatic N) is 1. The van der Waals surface area contributed by atoms with E-state index in [-0.39, 0.29) is 17.9 Å². The molecule has 1 aromatic heterocycles. The molecule has 0 saturated heterocycles. The predicted molar refractivity (Wildman–Crippen MR) is 86.5 cm³/mol. The zero-order valence-electron chi connectivity index (χ0n) is 12.5. The quantitative estimate of drug-likeness (QED) is 0.895. The molecule has 1 amide bonds. The van der Waals surface area contributed by atoms with Gasteiger partial charge in [-0.3, -0.25) is 4.79 Å². The van der Waals surface area contributed by atoms with E-state index >= 15 is 0 Å². The number of hydrogen-bond donors (Lipinski definition) is 2. The maximum absolute atomic E-state index is 12.3. The lowest BCUT2D eigenvalue weighted by Gasteiger charge is -2.24. The van der Waals surface area contributed by atoms with Crippen LogP contribution in [-0.4, -0.2) is 16.9 Å². The molecule has 0 spiro atoms. The Morgan fingerprint density at radius 3 is 2.57 bits per heavy atom. The Bertz CT molecular complexity index is 474. The summed E-state index contributed by atoms with van der Waals surface area (Å²) in [5.74, 6) is 0.910. The fourth-order valence-electron chi connectivity index (χ4n) is 3.51. The Kier molecular flexibility index (Phi) is 4.91. The maximum atomic E-state index is 12.3. The predicted octanol–water partition coefficient (Wildman–Crippen LogP) is 3.65. The SMILES string of the molecule is N[C@H]1CC[C@@H](C(=O)Nc2ncc(C3CCCCC3)s2)CC1. The summed E-state index contributed by atoms with van der Waals surface area (Å²) in [4.78, 5) is 18.0. The second-order valence-corrected chi connectivity index (χ2v) is 7.57. The van der Waals surface area contributed by atoms with E-state index < -0.39 is 0 Å². The molecule has 2 aliphatic rings. The summed E-state index contributed by atoms with van der Waals surface area (Å²) in [7, 11) is 0. The third-order valence-electron chi connectivity index (χ3n) is 4.90. The van der Waals surface area contributed by atoms with Crippen LogP contribution >= 0.6 is 11.3 Å². The lowest BCUT2D eigenvalue weighted by atomic mass is 9.86. The van der Waals surface area contributed by atoms with Crippen LogP contribution in [0.4, 0.5) is 5.13 Å². The number of carbonyl (C=O) groups excluding carboxylic acids is 1. The standard InChI is InChI=1S/C16H25N3OS/c17-13-8-6-12(7-9-13)15(20)19-16-18-10-14(21-16)11-4-2-1-3-5-11/h10-13H,1-9,17H2,(H,18,19,20)/t12-,13+. The molecule has 4 nitrogen and oxygen atoms in total. The third kappa shape index (κ3) is 3.83. The first-order chi connectivity index (χ1) is 10.2. The molecule has 0 radical (unpaired) electrons. The molecule has 0 bridgehead atoms. The minimum Gasteiger partial charge on any atom is -0.328 e. The topological polar surface area (TPSA) is 68.0 Å². The first-order valence-electron chi connectivity index (χ1n) is 8.24. The molecule has 0 atom stereocenters. The number of amides is 1. The number of hydrogen-bond acceptors (Lipinski definition) is 4. The van der Waals surface area contributed by atoms with Gasteiger partial charge in [-0.1, -0.05) is 19.3 Å². The summed E-state index contributed by atoms with van der Waals surface area (Å²) in [6, 6.07) is 0.284. The molecule has 21 heavy (non-hydrogen) atoms. The van der Waals surface area contributed by atoms with Crippen LogP contribution in [0.2, 0.25) is 0 Å². The minimum absolute atomic E-state index is 0.117. The van der Waals surface area contributed by atoms with Crippen molar-refractivity contribution in [2.75, 3.05) is 5.32 Å². The summed E-state index contributed by atoms with van der Waals surface area (Å²) in [5, 5.41) is 3.79. The van der Waals surface area contributed by atoms with Crippen molar-refractivity contribution in [2.45, 2.75) is 69.7 Å². The molecular weight excluding hydrogens is 282 g/mol. The van der Waals surface area contributed by atoms with Crippen LogP contribution in [0.1, 0.15) is 68.6 Å². The van der Waals surface area contributed by atoms with Gasteiger partial charge in [-0.15, -0.1) is 11.3 Å². The number of anilines is 1. The molecule has 5 heteroatoms. The highest BCUT2D eigenvalue weighted by atomic mass is 32.1. The van der Waals surface area contributed by atoms with Gasteiger partial charge in [-0.25, -0.2) is 4.98 Å². The zero-order valence-corrected chi connectivity index (χ0v) is 13.3. The number of nitrogens with one attached hydrogen (secondary N) is 1. The van der Waals surface area contributed by atoms with Crippen LogP contribution in [0.15, 0.2) is 6.20 Å². The Morgan fingerprint density at radius 1 is 1.14 bits per heavy atom. The first kappa shape index (κ1) is 15.0. The molecule has 1 aromatic rings. The molecule has 0 aliphatic heterocycles. The molecule has 0 aromatic carbocycles. The van der Waals surface area contributed by atoms with Gasteiger partial charge in [0.25, 0.3) is 0 Å². The van der Waals surface area contributed by atoms with Crippen LogP contribution in [-0.2, 0) is 4.79 Å². The average Bonchev–Trinajstić information content (AvgIpc) is 2.97. The van der Waals surface area contributed by atoms with E-state index in [0.717, 1.165) is 30.8 Å². The lowest BCUT2D eigenvalue weighted by molar-refractivity contribution is -0.120. The van der Waals surface area contributed by atoms with Crippen molar-refractivity contribution >= 4 is 22.4 Å². The maximum Gasteiger partial charge on any atom is 0.229 e. The first-order valence-corrected chi connectivity index (χ1v) is 9.06. The summed E-state index contributed by atoms with van der Waals surface area (Å²) in [6.07, 6.45) is 12.3. The number of carbonyl (C=O) groups is 1. The lowest BCUT2D eigenvalue weighted by Crippen LogP contribution is -2.32. The molecule has 116 valence electrons. The normalized spacial score (nSPS) is 27.5. The van der Waals surface area contributed by atoms with Gasteiger partial charge < -0.3 is 11.1 Å². The van der Waals surface area contributed by atoms with E-state index in [2.05, 4.69) is 10.3 Å². The highest BCUT2D eigenvalue weighted by Crippen LogP contribution is 2.36. The molecule has 2 fully saturated rings. The third-order valence-corrected chi connectivity index (χ3v) is 5.98. The molecule has 2 saturated carbocycles. The largest absolute Gasteiger partial charge is 0.328 e. The number of rotatable bonds is 3. The Balaban J connectivity index is 1.55. The molecular formula is C16H25N3OS. The van der Waals surface area contributed by atoms with Crippen molar-refractivity contribution in [2.24, 2.45) is 11.7 Å². The van der Waals surface area contributed by atoms with Crippen LogP contribution < -0.4 is 11.1 Å². The Morgan fingerprint density at radius 2 is 1.86 bits per heavy atom. The van der Waals surface area contributed by atoms with Gasteiger partial charge in [0.15, 0.2) is 5.13 Å². The van der Waals surface area contributed by atoms with Crippen LogP contribution in [0, 0.1) is 5.92 Å². The van der Waals surface area contributed by atoms with Crippen molar-refractivity contribution in [1.29, 1.82) is 0 Å². The summed E-state index contributed by atoms with van der Waals surface area (Å²) < 4.78 is 0. The van der Waals surface area contributed by atoms with E-state index in [9.17, 15) is 4.79 Å². The second kappa shape index (κ2) is 6.88. The second-order valence-electron chi connectivity index (χ2n) is 6.50. The fraction of sp³-hybridized carbons (Fsp3) is 0.750. The van der Waals surface area contributed by atoms with Crippen LogP contribution in [0.25, 0.3) is 0 Å². The summed E-state index contributed by atoms with van der Waals surface area (Å²) >= 11 is 1.66. The highest BCUT2D eigenvalue weighted by molar-refractivity contribution is 7.15. The van der Waals surface area contributed by atoms with Gasteiger partial charge in [-0.05, 0) is 44.4 Å². The van der Waals surface area contributed by atoms with E-state index in [1.54, 1.807) is 11.3 Å². The van der Waals surface area contributed by atoms with E-state index in [1.807, 2.05) is 6.20 Å². The van der Waals surface area contributed by atoms with Crippen molar-refractivity contribution in [3.63, 3.8) is 0 Å². The van der Waals surface area contributed by atoms with E-state index in [0.29, 0.717) is 5.92 Å². The number of aromatic nitrogens is 1. The average molecular weight is 307 g/mol. The Hall–Kier alpha value is -0.940. The highest BCUT2D eigenvalue weighted by Gasteiger charge is 2.25. The van der Waals surface area contributed by atoms with Gasteiger partial charge >= 0.3 is 0 Å². The van der Waals surface area contributed by atoms with Crippen LogP contribution in [0.3, 0.4) is 0 Å². The van der Waals surface area contributed by atoms with Crippen molar-refractivity contribution in [1.82, 2.24) is 4.98 Å². The van der Waals surface area contributed by atoms with E-state index in [4.69, 9.17) is 5.73 Å². The smallest absolute Gasteiger partial charge is 0.229 e. The molecule has 0 unspecified atom stereocenters. The molecule has 3 N–H and O–H groups in total. The number of thiazole rings is 1. The Labute approximate surface area is 130 Å². The van der Waals surface area contributed by atoms with Gasteiger partial charge in [0.2, 0.25) is 5.91 Å². The number of nitrogens with two attached hydrogens (primary N) is 1. The molecule has 1 heterocycles. The van der Waals surface area contributed by atoms with Crippen LogP contribution in [0.5, 0.6) is 0 Å². The minimum atomic E-state index is 0.117. The molecule has 3 rings (SSSR count). The summed E-state index contributed by atoms with van der Waals surface area (Å²) in [6.45, 7) is 0. The van der Waals surface area contributed by atoms with Gasteiger partial charge in [0, 0.05) is 23.0 Å². The molecule has 2 aliphatic carbocycles. The van der Waals surface area contributed by atoms with Crippen molar-refractivity contribution < 1.29 is 4.79 Å². The van der Waals surface area contributed by atoms with Gasteiger partial charge in [0.05, 0.1) is 0 Å². The van der Waals surface area contributed by atoms with E-state index in [1.165, 1.54) is 37.0 Å². The van der Waals surface area contributed by atoms with Gasteiger partial charge in [-0.2, -0.15) is 0 Å². The monoisotopic (exact) mass is 307 g/mol. The van der Waals surface area contributed by atoms with Crippen molar-refractivity contribution in [3.05, 3.63) is 11.1 Å². The van der Waals surface area contributed by atoms with Gasteiger partial charge in [0.1, 0.15) is 0 Å². The fourth-order valence-corrected chi connectivity index (χ4v) is 4.50. The summed E-state index contributed by atoms with van der Waals surface area (Å²) in [5.41, 5.74) is 5.89. The zero-order chi connectivity index (χ0) is 14.7. The van der Waals surface area contributed by atoms with Crippen molar-refractivity contribution in [3.8, 4) is 0 Å².